The van der Waals surface area contributed by atoms with E-state index in [1.807, 2.05) is 19.1 Å². The summed E-state index contributed by atoms with van der Waals surface area (Å²) in [4.78, 5) is 4.23. The van der Waals surface area contributed by atoms with E-state index in [9.17, 15) is 4.39 Å². The molecule has 20 heavy (non-hydrogen) atoms. The van der Waals surface area contributed by atoms with Crippen molar-refractivity contribution in [1.29, 1.82) is 0 Å². The Hall–Kier alpha value is -2.14. The van der Waals surface area contributed by atoms with Crippen molar-refractivity contribution in [1.82, 2.24) is 4.98 Å². The first-order valence-corrected chi connectivity index (χ1v) is 6.28. The first-order chi connectivity index (χ1) is 9.60. The van der Waals surface area contributed by atoms with Crippen molar-refractivity contribution in [3.63, 3.8) is 0 Å². The Balaban J connectivity index is 2.15. The Kier molecular flexibility index (Phi) is 4.53. The van der Waals surface area contributed by atoms with Gasteiger partial charge in [0.25, 0.3) is 0 Å². The SMILES string of the molecule is COc1cccc(COc2cc(F)ccc2[C@H](C)N)n1. The zero-order chi connectivity index (χ0) is 14.5. The number of pyridine rings is 1. The lowest BCUT2D eigenvalue weighted by Gasteiger charge is -2.14. The normalized spacial score (nSPS) is 12.0. The maximum atomic E-state index is 13.3. The van der Waals surface area contributed by atoms with E-state index in [1.165, 1.54) is 12.1 Å². The predicted octanol–water partition coefficient (Wildman–Crippen LogP) is 2.83. The molecule has 106 valence electrons. The lowest BCUT2D eigenvalue weighted by molar-refractivity contribution is 0.292. The van der Waals surface area contributed by atoms with Crippen LogP contribution < -0.4 is 15.2 Å². The van der Waals surface area contributed by atoms with Gasteiger partial charge in [-0.05, 0) is 19.1 Å². The molecule has 0 aliphatic heterocycles. The number of nitrogens with two attached hydrogens (primary N) is 1. The Morgan fingerprint density at radius 1 is 1.30 bits per heavy atom. The lowest BCUT2D eigenvalue weighted by Crippen LogP contribution is -2.09. The number of halogens is 1. The minimum absolute atomic E-state index is 0.223. The summed E-state index contributed by atoms with van der Waals surface area (Å²) in [7, 11) is 1.55. The number of hydrogen-bond acceptors (Lipinski definition) is 4. The van der Waals surface area contributed by atoms with Crippen molar-refractivity contribution in [2.75, 3.05) is 7.11 Å². The zero-order valence-electron chi connectivity index (χ0n) is 11.5. The average Bonchev–Trinajstić information content (AvgIpc) is 2.45. The molecule has 1 heterocycles. The highest BCUT2D eigenvalue weighted by Crippen LogP contribution is 2.25. The van der Waals surface area contributed by atoms with E-state index in [-0.39, 0.29) is 18.5 Å². The standard InChI is InChI=1S/C15H17FN2O2/c1-10(17)13-7-6-11(16)8-14(13)20-9-12-4-3-5-15(18-12)19-2/h3-8,10H,9,17H2,1-2H3/t10-/m0/s1. The first kappa shape index (κ1) is 14.3. The summed E-state index contributed by atoms with van der Waals surface area (Å²) in [5.41, 5.74) is 7.30. The van der Waals surface area contributed by atoms with Crippen LogP contribution in [0.2, 0.25) is 0 Å². The molecule has 0 saturated carbocycles. The van der Waals surface area contributed by atoms with Crippen LogP contribution in [0, 0.1) is 5.82 Å². The van der Waals surface area contributed by atoms with Gasteiger partial charge in [0.05, 0.1) is 12.8 Å². The van der Waals surface area contributed by atoms with E-state index in [1.54, 1.807) is 19.2 Å². The lowest BCUT2D eigenvalue weighted by atomic mass is 10.1. The fraction of sp³-hybridized carbons (Fsp3) is 0.267. The number of nitrogens with zero attached hydrogens (tertiary/aromatic N) is 1. The van der Waals surface area contributed by atoms with Crippen LogP contribution in [0.5, 0.6) is 11.6 Å². The van der Waals surface area contributed by atoms with Crippen LogP contribution in [-0.4, -0.2) is 12.1 Å². The Morgan fingerprint density at radius 2 is 2.10 bits per heavy atom. The number of rotatable bonds is 5. The fourth-order valence-corrected chi connectivity index (χ4v) is 1.81. The molecule has 2 rings (SSSR count). The van der Waals surface area contributed by atoms with Crippen LogP contribution in [0.4, 0.5) is 4.39 Å². The number of aromatic nitrogens is 1. The maximum Gasteiger partial charge on any atom is 0.213 e. The van der Waals surface area contributed by atoms with Gasteiger partial charge < -0.3 is 15.2 Å². The van der Waals surface area contributed by atoms with Crippen molar-refractivity contribution >= 4 is 0 Å². The molecule has 0 fully saturated rings. The quantitative estimate of drug-likeness (QED) is 0.912. The van der Waals surface area contributed by atoms with E-state index in [0.717, 1.165) is 5.56 Å². The largest absolute Gasteiger partial charge is 0.487 e. The van der Waals surface area contributed by atoms with Crippen LogP contribution in [-0.2, 0) is 6.61 Å². The van der Waals surface area contributed by atoms with Crippen molar-refractivity contribution in [2.24, 2.45) is 5.73 Å². The molecule has 0 amide bonds. The van der Waals surface area contributed by atoms with Gasteiger partial charge in [0.15, 0.2) is 0 Å². The van der Waals surface area contributed by atoms with Gasteiger partial charge >= 0.3 is 0 Å². The monoisotopic (exact) mass is 276 g/mol. The molecule has 2 N–H and O–H groups in total. The van der Waals surface area contributed by atoms with Crippen LogP contribution >= 0.6 is 0 Å². The molecule has 0 spiro atoms. The van der Waals surface area contributed by atoms with Gasteiger partial charge in [0.2, 0.25) is 5.88 Å². The molecule has 0 radical (unpaired) electrons. The third kappa shape index (κ3) is 3.45. The molecule has 0 unspecified atom stereocenters. The van der Waals surface area contributed by atoms with Crippen LogP contribution in [0.3, 0.4) is 0 Å². The highest BCUT2D eigenvalue weighted by molar-refractivity contribution is 5.36. The van der Waals surface area contributed by atoms with Crippen molar-refractivity contribution in [2.45, 2.75) is 19.6 Å². The molecule has 0 aliphatic carbocycles. The summed E-state index contributed by atoms with van der Waals surface area (Å²) in [5.74, 6) is 0.588. The Labute approximate surface area is 117 Å². The van der Waals surface area contributed by atoms with Gasteiger partial charge in [-0.2, -0.15) is 0 Å². The van der Waals surface area contributed by atoms with Gasteiger partial charge in [-0.15, -0.1) is 0 Å². The van der Waals surface area contributed by atoms with E-state index < -0.39 is 0 Å². The van der Waals surface area contributed by atoms with Gasteiger partial charge in [-0.1, -0.05) is 12.1 Å². The summed E-state index contributed by atoms with van der Waals surface area (Å²) in [6.45, 7) is 2.05. The van der Waals surface area contributed by atoms with E-state index in [0.29, 0.717) is 17.3 Å². The molecule has 4 nitrogen and oxygen atoms in total. The van der Waals surface area contributed by atoms with Gasteiger partial charge in [-0.3, -0.25) is 0 Å². The molecule has 0 bridgehead atoms. The second-order valence-corrected chi connectivity index (χ2v) is 4.43. The van der Waals surface area contributed by atoms with Gasteiger partial charge in [0.1, 0.15) is 18.2 Å². The average molecular weight is 276 g/mol. The predicted molar refractivity (Wildman–Crippen MR) is 74.1 cm³/mol. The zero-order valence-corrected chi connectivity index (χ0v) is 11.5. The Bertz CT molecular complexity index is 588. The molecular formula is C15H17FN2O2. The highest BCUT2D eigenvalue weighted by atomic mass is 19.1. The van der Waals surface area contributed by atoms with Crippen LogP contribution in [0.25, 0.3) is 0 Å². The number of hydrogen-bond donors (Lipinski definition) is 1. The van der Waals surface area contributed by atoms with Crippen LogP contribution in [0.15, 0.2) is 36.4 Å². The van der Waals surface area contributed by atoms with Crippen molar-refractivity contribution < 1.29 is 13.9 Å². The van der Waals surface area contributed by atoms with E-state index in [2.05, 4.69) is 4.98 Å². The molecule has 5 heteroatoms. The van der Waals surface area contributed by atoms with Crippen molar-refractivity contribution in [3.05, 3.63) is 53.5 Å². The summed E-state index contributed by atoms with van der Waals surface area (Å²) in [5, 5.41) is 0. The molecule has 0 aliphatic rings. The Morgan fingerprint density at radius 3 is 2.80 bits per heavy atom. The summed E-state index contributed by atoms with van der Waals surface area (Å²) in [6, 6.07) is 9.49. The fourth-order valence-electron chi connectivity index (χ4n) is 1.81. The second kappa shape index (κ2) is 6.34. The number of ether oxygens (including phenoxy) is 2. The van der Waals surface area contributed by atoms with E-state index >= 15 is 0 Å². The number of benzene rings is 1. The molecule has 1 aromatic heterocycles. The van der Waals surface area contributed by atoms with E-state index in [4.69, 9.17) is 15.2 Å². The summed E-state index contributed by atoms with van der Waals surface area (Å²) in [6.07, 6.45) is 0. The molecule has 1 atom stereocenters. The third-order valence-electron chi connectivity index (χ3n) is 2.83. The molecule has 0 saturated heterocycles. The third-order valence-corrected chi connectivity index (χ3v) is 2.83. The smallest absolute Gasteiger partial charge is 0.213 e. The van der Waals surface area contributed by atoms with Crippen molar-refractivity contribution in [3.8, 4) is 11.6 Å². The molecule has 1 aromatic carbocycles. The van der Waals surface area contributed by atoms with Gasteiger partial charge in [0, 0.05) is 23.7 Å². The van der Waals surface area contributed by atoms with Gasteiger partial charge in [-0.25, -0.2) is 9.37 Å². The first-order valence-electron chi connectivity index (χ1n) is 6.28. The second-order valence-electron chi connectivity index (χ2n) is 4.43. The van der Waals surface area contributed by atoms with Crippen LogP contribution in [0.1, 0.15) is 24.2 Å². The minimum Gasteiger partial charge on any atom is -0.487 e. The summed E-state index contributed by atoms with van der Waals surface area (Å²) >= 11 is 0. The molecular weight excluding hydrogens is 259 g/mol. The minimum atomic E-state index is -0.358. The topological polar surface area (TPSA) is 57.4 Å². The summed E-state index contributed by atoms with van der Waals surface area (Å²) < 4.78 is 24.0. The molecule has 2 aromatic rings. The maximum absolute atomic E-state index is 13.3. The highest BCUT2D eigenvalue weighted by Gasteiger charge is 2.10. The number of methoxy groups -OCH3 is 1.